The van der Waals surface area contributed by atoms with Crippen molar-refractivity contribution in [3.05, 3.63) is 70.4 Å². The van der Waals surface area contributed by atoms with Crippen LogP contribution in [0.1, 0.15) is 18.1 Å². The van der Waals surface area contributed by atoms with E-state index in [9.17, 15) is 19.5 Å². The van der Waals surface area contributed by atoms with E-state index in [1.165, 1.54) is 6.92 Å². The number of aliphatic hydroxyl groups is 1. The van der Waals surface area contributed by atoms with Crippen LogP contribution in [0.2, 0.25) is 5.02 Å². The van der Waals surface area contributed by atoms with Gasteiger partial charge in [-0.2, -0.15) is 0 Å². The van der Waals surface area contributed by atoms with Crippen LogP contribution in [0.25, 0.3) is 5.57 Å². The molecule has 0 aromatic heterocycles. The third kappa shape index (κ3) is 4.37. The maximum absolute atomic E-state index is 13.3. The molecule has 3 rings (SSSR count). The second-order valence-corrected chi connectivity index (χ2v) is 7.32. The minimum atomic E-state index is -0.447. The Morgan fingerprint density at radius 2 is 1.77 bits per heavy atom. The number of aliphatic hydroxyl groups excluding tert-OH is 1. The van der Waals surface area contributed by atoms with E-state index in [0.717, 1.165) is 4.90 Å². The summed E-state index contributed by atoms with van der Waals surface area (Å²) in [5, 5.41) is 12.5. The van der Waals surface area contributed by atoms with Gasteiger partial charge >= 0.3 is 0 Å². The Balaban J connectivity index is 1.99. The summed E-state index contributed by atoms with van der Waals surface area (Å²) in [7, 11) is 1.65. The minimum absolute atomic E-state index is 0.0429. The monoisotopic (exact) mass is 427 g/mol. The molecule has 2 aromatic rings. The van der Waals surface area contributed by atoms with Crippen molar-refractivity contribution in [3.8, 4) is 0 Å². The number of benzene rings is 2. The molecule has 0 spiro atoms. The molecule has 0 fully saturated rings. The quantitative estimate of drug-likeness (QED) is 0.662. The zero-order valence-corrected chi connectivity index (χ0v) is 17.4. The fraction of sp³-hybridized carbons (Fsp3) is 0.227. The Morgan fingerprint density at radius 1 is 1.10 bits per heavy atom. The van der Waals surface area contributed by atoms with Crippen LogP contribution in [0.15, 0.2) is 54.2 Å². The summed E-state index contributed by atoms with van der Waals surface area (Å²) in [4.78, 5) is 40.4. The highest BCUT2D eigenvalue weighted by atomic mass is 35.5. The normalized spacial score (nSPS) is 13.8. The van der Waals surface area contributed by atoms with Gasteiger partial charge in [0.25, 0.3) is 11.8 Å². The molecule has 1 aliphatic rings. The van der Waals surface area contributed by atoms with Crippen molar-refractivity contribution in [2.75, 3.05) is 25.5 Å². The molecule has 2 aromatic carbocycles. The predicted molar refractivity (Wildman–Crippen MR) is 114 cm³/mol. The highest BCUT2D eigenvalue weighted by Gasteiger charge is 2.40. The van der Waals surface area contributed by atoms with Crippen LogP contribution in [-0.2, 0) is 20.9 Å². The lowest BCUT2D eigenvalue weighted by atomic mass is 10.0. The second-order valence-electron chi connectivity index (χ2n) is 6.92. The maximum atomic E-state index is 13.3. The van der Waals surface area contributed by atoms with Crippen LogP contribution in [0, 0.1) is 0 Å². The molecule has 0 saturated carbocycles. The van der Waals surface area contributed by atoms with Crippen molar-refractivity contribution in [2.45, 2.75) is 13.5 Å². The molecule has 3 amide bonds. The number of hydrogen-bond donors (Lipinski definition) is 2. The summed E-state index contributed by atoms with van der Waals surface area (Å²) in [5.41, 5.74) is 2.25. The molecule has 0 saturated heterocycles. The molecule has 0 bridgehead atoms. The Morgan fingerprint density at radius 3 is 2.37 bits per heavy atom. The fourth-order valence-corrected chi connectivity index (χ4v) is 3.50. The summed E-state index contributed by atoms with van der Waals surface area (Å²) in [6.07, 6.45) is 0. The van der Waals surface area contributed by atoms with E-state index in [2.05, 4.69) is 5.32 Å². The molecule has 156 valence electrons. The van der Waals surface area contributed by atoms with Crippen LogP contribution in [0.4, 0.5) is 5.69 Å². The van der Waals surface area contributed by atoms with Gasteiger partial charge in [0.2, 0.25) is 5.91 Å². The first-order valence-electron chi connectivity index (χ1n) is 9.37. The minimum Gasteiger partial charge on any atom is -0.395 e. The summed E-state index contributed by atoms with van der Waals surface area (Å²) in [5.74, 6) is -1.09. The van der Waals surface area contributed by atoms with Gasteiger partial charge in [-0.25, -0.2) is 0 Å². The molecule has 0 aliphatic carbocycles. The molecular weight excluding hydrogens is 406 g/mol. The number of nitrogens with zero attached hydrogens (tertiary/aromatic N) is 2. The molecular formula is C22H22ClN3O4. The van der Waals surface area contributed by atoms with E-state index >= 15 is 0 Å². The summed E-state index contributed by atoms with van der Waals surface area (Å²) >= 11 is 6.22. The van der Waals surface area contributed by atoms with E-state index in [0.29, 0.717) is 21.8 Å². The van der Waals surface area contributed by atoms with Crippen LogP contribution in [-0.4, -0.2) is 52.8 Å². The first kappa shape index (κ1) is 21.5. The van der Waals surface area contributed by atoms with Gasteiger partial charge in [0, 0.05) is 31.2 Å². The number of hydrogen-bond acceptors (Lipinski definition) is 5. The molecule has 0 unspecified atom stereocenters. The van der Waals surface area contributed by atoms with Crippen LogP contribution in [0.3, 0.4) is 0 Å². The number of carbonyl (C=O) groups is 3. The fourth-order valence-electron chi connectivity index (χ4n) is 3.30. The number of likely N-dealkylation sites (N-methyl/N-ethyl adjacent to an activating group) is 1. The summed E-state index contributed by atoms with van der Waals surface area (Å²) in [6.45, 7) is 1.48. The van der Waals surface area contributed by atoms with Crippen molar-refractivity contribution >= 4 is 40.6 Å². The lowest BCUT2D eigenvalue weighted by Crippen LogP contribution is -2.34. The van der Waals surface area contributed by atoms with E-state index in [4.69, 9.17) is 11.6 Å². The number of rotatable bonds is 7. The molecule has 1 aliphatic heterocycles. The Labute approximate surface area is 179 Å². The molecule has 30 heavy (non-hydrogen) atoms. The van der Waals surface area contributed by atoms with E-state index in [1.54, 1.807) is 60.5 Å². The standard InChI is InChI=1S/C22H22ClN3O4/c1-14(28)24-17-9-7-15(8-10-17)19-20(25(2)11-12-27)22(30)26(21(19)29)13-16-5-3-4-6-18(16)23/h3-10,27H,11-13H2,1-2H3,(H,24,28). The lowest BCUT2D eigenvalue weighted by molar-refractivity contribution is -0.138. The van der Waals surface area contributed by atoms with Crippen molar-refractivity contribution in [2.24, 2.45) is 0 Å². The number of imide groups is 1. The van der Waals surface area contributed by atoms with Gasteiger partial charge in [-0.3, -0.25) is 19.3 Å². The van der Waals surface area contributed by atoms with Crippen LogP contribution in [0.5, 0.6) is 0 Å². The van der Waals surface area contributed by atoms with Gasteiger partial charge in [-0.05, 0) is 29.3 Å². The Hall–Kier alpha value is -3.16. The first-order chi connectivity index (χ1) is 14.3. The van der Waals surface area contributed by atoms with Crippen molar-refractivity contribution in [1.82, 2.24) is 9.80 Å². The number of carbonyl (C=O) groups excluding carboxylic acids is 3. The number of nitrogens with one attached hydrogen (secondary N) is 1. The summed E-state index contributed by atoms with van der Waals surface area (Å²) in [6, 6.07) is 13.7. The molecule has 7 nitrogen and oxygen atoms in total. The SMILES string of the molecule is CC(=O)Nc1ccc(C2=C(N(C)CCO)C(=O)N(Cc3ccccc3Cl)C2=O)cc1. The van der Waals surface area contributed by atoms with Crippen molar-refractivity contribution in [1.29, 1.82) is 0 Å². The van der Waals surface area contributed by atoms with Crippen molar-refractivity contribution in [3.63, 3.8) is 0 Å². The van der Waals surface area contributed by atoms with Gasteiger partial charge in [0.05, 0.1) is 18.7 Å². The average molecular weight is 428 g/mol. The zero-order chi connectivity index (χ0) is 21.8. The molecule has 8 heteroatoms. The van der Waals surface area contributed by atoms with Crippen molar-refractivity contribution < 1.29 is 19.5 Å². The first-order valence-corrected chi connectivity index (χ1v) is 9.75. The van der Waals surface area contributed by atoms with Crippen LogP contribution < -0.4 is 5.32 Å². The lowest BCUT2D eigenvalue weighted by Gasteiger charge is -2.20. The largest absolute Gasteiger partial charge is 0.395 e. The second kappa shape index (κ2) is 9.11. The van der Waals surface area contributed by atoms with E-state index < -0.39 is 11.8 Å². The van der Waals surface area contributed by atoms with Gasteiger partial charge < -0.3 is 15.3 Å². The highest BCUT2D eigenvalue weighted by molar-refractivity contribution is 6.35. The third-order valence-electron chi connectivity index (χ3n) is 4.74. The number of amides is 3. The van der Waals surface area contributed by atoms with Gasteiger partial charge in [-0.15, -0.1) is 0 Å². The molecule has 2 N–H and O–H groups in total. The predicted octanol–water partition coefficient (Wildman–Crippen LogP) is 2.50. The topological polar surface area (TPSA) is 90.0 Å². The Kier molecular flexibility index (Phi) is 6.54. The number of anilines is 1. The smallest absolute Gasteiger partial charge is 0.278 e. The Bertz CT molecular complexity index is 1020. The average Bonchev–Trinajstić information content (AvgIpc) is 2.95. The van der Waals surface area contributed by atoms with Gasteiger partial charge in [0.15, 0.2) is 0 Å². The molecule has 1 heterocycles. The van der Waals surface area contributed by atoms with Gasteiger partial charge in [0.1, 0.15) is 5.70 Å². The molecule has 0 atom stereocenters. The molecule has 0 radical (unpaired) electrons. The van der Waals surface area contributed by atoms with Crippen LogP contribution >= 0.6 is 11.6 Å². The van der Waals surface area contributed by atoms with E-state index in [1.807, 2.05) is 0 Å². The van der Waals surface area contributed by atoms with Gasteiger partial charge in [-0.1, -0.05) is 41.9 Å². The van der Waals surface area contributed by atoms with E-state index in [-0.39, 0.29) is 36.9 Å². The zero-order valence-electron chi connectivity index (χ0n) is 16.7. The maximum Gasteiger partial charge on any atom is 0.278 e. The number of halogens is 1. The third-order valence-corrected chi connectivity index (χ3v) is 5.11. The highest BCUT2D eigenvalue weighted by Crippen LogP contribution is 2.33. The summed E-state index contributed by atoms with van der Waals surface area (Å²) < 4.78 is 0.